The molecule has 3 heterocycles. The predicted octanol–water partition coefficient (Wildman–Crippen LogP) is 3.57. The summed E-state index contributed by atoms with van der Waals surface area (Å²) in [5.41, 5.74) is 4.19. The molecule has 114 valence electrons. The highest BCUT2D eigenvalue weighted by atomic mass is 79.9. The minimum absolute atomic E-state index is 0.578. The van der Waals surface area contributed by atoms with Gasteiger partial charge < -0.3 is 14.8 Å². The topological polar surface area (TPSA) is 30.5 Å². The monoisotopic (exact) mass is 351 g/mol. The molecule has 0 bridgehead atoms. The third kappa shape index (κ3) is 2.36. The minimum Gasteiger partial charge on any atom is -0.493 e. The van der Waals surface area contributed by atoms with E-state index in [2.05, 4.69) is 21.2 Å². The summed E-state index contributed by atoms with van der Waals surface area (Å²) in [4.78, 5) is 0. The largest absolute Gasteiger partial charge is 0.493 e. The van der Waals surface area contributed by atoms with Crippen molar-refractivity contribution in [3.05, 3.63) is 21.2 Å². The second-order valence-electron chi connectivity index (χ2n) is 6.29. The standard InChI is InChI=1S/C17H22BrNO2/c18-15-13-6-3-8-20-16(13)14(11-4-1-7-19-10-11)12-5-2-9-21-17(12)15/h11,19H,1-10H2. The summed E-state index contributed by atoms with van der Waals surface area (Å²) < 4.78 is 13.3. The molecule has 1 N–H and O–H groups in total. The van der Waals surface area contributed by atoms with Gasteiger partial charge in [0.05, 0.1) is 17.7 Å². The zero-order valence-corrected chi connectivity index (χ0v) is 13.9. The number of halogens is 1. The molecule has 1 unspecified atom stereocenters. The molecule has 21 heavy (non-hydrogen) atoms. The van der Waals surface area contributed by atoms with E-state index in [1.165, 1.54) is 35.3 Å². The van der Waals surface area contributed by atoms with Crippen LogP contribution in [0.25, 0.3) is 0 Å². The van der Waals surface area contributed by atoms with Crippen LogP contribution in [0.4, 0.5) is 0 Å². The van der Waals surface area contributed by atoms with Crippen LogP contribution < -0.4 is 14.8 Å². The van der Waals surface area contributed by atoms with Crippen molar-refractivity contribution in [2.45, 2.75) is 44.4 Å². The summed E-state index contributed by atoms with van der Waals surface area (Å²) in [5.74, 6) is 2.85. The van der Waals surface area contributed by atoms with Gasteiger partial charge in [0.1, 0.15) is 11.5 Å². The molecular formula is C17H22BrNO2. The molecule has 4 rings (SSSR count). The fraction of sp³-hybridized carbons (Fsp3) is 0.647. The Morgan fingerprint density at radius 3 is 2.48 bits per heavy atom. The van der Waals surface area contributed by atoms with Crippen LogP contribution in [0.2, 0.25) is 0 Å². The van der Waals surface area contributed by atoms with Crippen molar-refractivity contribution in [2.24, 2.45) is 0 Å². The molecule has 3 aliphatic rings. The maximum Gasteiger partial charge on any atom is 0.137 e. The number of piperidine rings is 1. The number of rotatable bonds is 1. The molecule has 0 spiro atoms. The summed E-state index contributed by atoms with van der Waals surface area (Å²) in [7, 11) is 0. The van der Waals surface area contributed by atoms with Crippen LogP contribution in [-0.2, 0) is 12.8 Å². The SMILES string of the molecule is Brc1c2c(c(C3CCCNC3)c3c1OCCC3)OCCC2. The fourth-order valence-corrected chi connectivity index (χ4v) is 4.69. The van der Waals surface area contributed by atoms with E-state index < -0.39 is 0 Å². The van der Waals surface area contributed by atoms with E-state index in [9.17, 15) is 0 Å². The lowest BCUT2D eigenvalue weighted by atomic mass is 9.83. The van der Waals surface area contributed by atoms with Gasteiger partial charge in [0.2, 0.25) is 0 Å². The van der Waals surface area contributed by atoms with Crippen LogP contribution in [0.1, 0.15) is 48.3 Å². The van der Waals surface area contributed by atoms with Gasteiger partial charge in [0, 0.05) is 29.2 Å². The minimum atomic E-state index is 0.578. The maximum atomic E-state index is 6.14. The first-order chi connectivity index (χ1) is 10.4. The molecule has 1 atom stereocenters. The molecule has 0 aromatic heterocycles. The average molecular weight is 352 g/mol. The second-order valence-corrected chi connectivity index (χ2v) is 7.08. The van der Waals surface area contributed by atoms with Crippen molar-refractivity contribution in [1.29, 1.82) is 0 Å². The normalized spacial score (nSPS) is 24.5. The number of nitrogens with one attached hydrogen (secondary N) is 1. The predicted molar refractivity (Wildman–Crippen MR) is 86.6 cm³/mol. The van der Waals surface area contributed by atoms with Gasteiger partial charge in [-0.1, -0.05) is 0 Å². The van der Waals surface area contributed by atoms with Crippen molar-refractivity contribution in [3.8, 4) is 11.5 Å². The number of benzene rings is 1. The van der Waals surface area contributed by atoms with E-state index in [0.717, 1.165) is 62.2 Å². The number of fused-ring (bicyclic) bond motifs is 2. The van der Waals surface area contributed by atoms with Crippen molar-refractivity contribution in [2.75, 3.05) is 26.3 Å². The molecule has 1 saturated heterocycles. The number of hydrogen-bond donors (Lipinski definition) is 1. The van der Waals surface area contributed by atoms with Crippen LogP contribution in [-0.4, -0.2) is 26.3 Å². The fourth-order valence-electron chi connectivity index (χ4n) is 3.95. The first-order valence-corrected chi connectivity index (χ1v) is 8.99. The van der Waals surface area contributed by atoms with Gasteiger partial charge in [0.15, 0.2) is 0 Å². The third-order valence-electron chi connectivity index (χ3n) is 4.92. The Bertz CT molecular complexity index is 515. The van der Waals surface area contributed by atoms with E-state index in [-0.39, 0.29) is 0 Å². The zero-order valence-electron chi connectivity index (χ0n) is 12.3. The van der Waals surface area contributed by atoms with E-state index in [4.69, 9.17) is 9.47 Å². The Morgan fingerprint density at radius 2 is 1.71 bits per heavy atom. The molecule has 1 fully saturated rings. The van der Waals surface area contributed by atoms with Gasteiger partial charge in [-0.25, -0.2) is 0 Å². The van der Waals surface area contributed by atoms with Crippen molar-refractivity contribution in [3.63, 3.8) is 0 Å². The van der Waals surface area contributed by atoms with Crippen molar-refractivity contribution in [1.82, 2.24) is 5.32 Å². The Hall–Kier alpha value is -0.740. The zero-order chi connectivity index (χ0) is 14.2. The van der Waals surface area contributed by atoms with Gasteiger partial charge in [-0.15, -0.1) is 0 Å². The van der Waals surface area contributed by atoms with Crippen LogP contribution in [0, 0.1) is 0 Å². The van der Waals surface area contributed by atoms with E-state index in [1.807, 2.05) is 0 Å². The molecule has 1 aromatic rings. The molecule has 0 saturated carbocycles. The number of ether oxygens (including phenoxy) is 2. The van der Waals surface area contributed by atoms with Gasteiger partial charge in [-0.05, 0) is 61.0 Å². The highest BCUT2D eigenvalue weighted by Crippen LogP contribution is 2.49. The van der Waals surface area contributed by atoms with Crippen LogP contribution >= 0.6 is 15.9 Å². The number of hydrogen-bond acceptors (Lipinski definition) is 3. The quantitative estimate of drug-likeness (QED) is 0.838. The first kappa shape index (κ1) is 13.9. The summed E-state index contributed by atoms with van der Waals surface area (Å²) >= 11 is 3.79. The van der Waals surface area contributed by atoms with E-state index >= 15 is 0 Å². The summed E-state index contributed by atoms with van der Waals surface area (Å²) in [6, 6.07) is 0. The van der Waals surface area contributed by atoms with Crippen LogP contribution in [0.15, 0.2) is 4.47 Å². The van der Waals surface area contributed by atoms with Crippen LogP contribution in [0.5, 0.6) is 11.5 Å². The van der Waals surface area contributed by atoms with Crippen molar-refractivity contribution >= 4 is 15.9 Å². The molecule has 0 amide bonds. The summed E-state index contributed by atoms with van der Waals surface area (Å²) in [5, 5.41) is 3.55. The summed E-state index contributed by atoms with van der Waals surface area (Å²) in [6.07, 6.45) is 6.95. The maximum absolute atomic E-state index is 6.14. The van der Waals surface area contributed by atoms with E-state index in [0.29, 0.717) is 5.92 Å². The van der Waals surface area contributed by atoms with Crippen LogP contribution in [0.3, 0.4) is 0 Å². The lowest BCUT2D eigenvalue weighted by Gasteiger charge is -2.34. The third-order valence-corrected chi connectivity index (χ3v) is 5.76. The Labute approximate surface area is 134 Å². The molecule has 1 aromatic carbocycles. The highest BCUT2D eigenvalue weighted by molar-refractivity contribution is 9.10. The molecule has 0 radical (unpaired) electrons. The van der Waals surface area contributed by atoms with Gasteiger partial charge in [-0.3, -0.25) is 0 Å². The van der Waals surface area contributed by atoms with E-state index in [1.54, 1.807) is 0 Å². The molecule has 0 aliphatic carbocycles. The smallest absolute Gasteiger partial charge is 0.137 e. The highest BCUT2D eigenvalue weighted by Gasteiger charge is 2.32. The van der Waals surface area contributed by atoms with Gasteiger partial charge in [0.25, 0.3) is 0 Å². The molecule has 3 aliphatic heterocycles. The second kappa shape index (κ2) is 5.81. The average Bonchev–Trinajstić information content (AvgIpc) is 2.56. The lowest BCUT2D eigenvalue weighted by molar-refractivity contribution is 0.263. The Kier molecular flexibility index (Phi) is 3.84. The molecule has 3 nitrogen and oxygen atoms in total. The summed E-state index contributed by atoms with van der Waals surface area (Å²) in [6.45, 7) is 3.92. The first-order valence-electron chi connectivity index (χ1n) is 8.19. The molecule has 4 heteroatoms. The Morgan fingerprint density at radius 1 is 0.952 bits per heavy atom. The van der Waals surface area contributed by atoms with Crippen molar-refractivity contribution < 1.29 is 9.47 Å². The van der Waals surface area contributed by atoms with Gasteiger partial charge >= 0.3 is 0 Å². The van der Waals surface area contributed by atoms with Gasteiger partial charge in [-0.2, -0.15) is 0 Å². The lowest BCUT2D eigenvalue weighted by Crippen LogP contribution is -2.30. The Balaban J connectivity index is 1.89. The molecular weight excluding hydrogens is 330 g/mol.